The molecule has 1 aliphatic rings. The third kappa shape index (κ3) is 5.18. The molecular weight excluding hydrogens is 504 g/mol. The van der Waals surface area contributed by atoms with Crippen molar-refractivity contribution in [3.05, 3.63) is 89.6 Å². The first-order valence-corrected chi connectivity index (χ1v) is 14.3. The monoisotopic (exact) mass is 536 g/mol. The topological polar surface area (TPSA) is 69.9 Å². The van der Waals surface area contributed by atoms with Crippen LogP contribution in [0.5, 0.6) is 5.75 Å². The summed E-state index contributed by atoms with van der Waals surface area (Å²) in [7, 11) is 1.67. The van der Waals surface area contributed by atoms with Crippen LogP contribution in [0.3, 0.4) is 0 Å². The van der Waals surface area contributed by atoms with Crippen molar-refractivity contribution in [3.8, 4) is 5.75 Å². The van der Waals surface area contributed by atoms with E-state index in [2.05, 4.69) is 24.9 Å². The number of ether oxygens (including phenoxy) is 2. The minimum absolute atomic E-state index is 0.182. The lowest BCUT2D eigenvalue weighted by Crippen LogP contribution is -2.39. The first kappa shape index (κ1) is 26.9. The molecule has 6 nitrogen and oxygen atoms in total. The number of aromatic nitrogens is 1. The first-order chi connectivity index (χ1) is 17.7. The summed E-state index contributed by atoms with van der Waals surface area (Å²) < 4.78 is 13.2. The molecular formula is C29H32N2O4S2. The van der Waals surface area contributed by atoms with Crippen LogP contribution >= 0.6 is 23.1 Å². The van der Waals surface area contributed by atoms with E-state index >= 15 is 0 Å². The number of hydrogen-bond acceptors (Lipinski definition) is 7. The molecule has 3 aromatic rings. The van der Waals surface area contributed by atoms with Crippen LogP contribution in [0.15, 0.2) is 62.4 Å². The van der Waals surface area contributed by atoms with Crippen molar-refractivity contribution in [2.24, 2.45) is 4.99 Å². The van der Waals surface area contributed by atoms with Gasteiger partial charge in [-0.3, -0.25) is 9.36 Å². The molecule has 2 aromatic carbocycles. The maximum Gasteiger partial charge on any atom is 0.338 e. The lowest BCUT2D eigenvalue weighted by Gasteiger charge is -2.24. The predicted octanol–water partition coefficient (Wildman–Crippen LogP) is 4.96. The summed E-state index contributed by atoms with van der Waals surface area (Å²) in [5, 5.41) is 0. The van der Waals surface area contributed by atoms with Gasteiger partial charge in [0.2, 0.25) is 0 Å². The van der Waals surface area contributed by atoms with Crippen LogP contribution in [0, 0.1) is 6.92 Å². The highest BCUT2D eigenvalue weighted by atomic mass is 32.2. The van der Waals surface area contributed by atoms with Gasteiger partial charge in [0, 0.05) is 4.90 Å². The number of thioether (sulfide) groups is 1. The van der Waals surface area contributed by atoms with Crippen LogP contribution in [-0.2, 0) is 9.53 Å². The molecule has 194 valence electrons. The van der Waals surface area contributed by atoms with E-state index in [0.717, 1.165) is 32.9 Å². The molecule has 0 aliphatic carbocycles. The molecule has 0 amide bonds. The van der Waals surface area contributed by atoms with Crippen LogP contribution in [-0.4, -0.2) is 30.5 Å². The normalized spacial score (nSPS) is 15.6. The van der Waals surface area contributed by atoms with Crippen molar-refractivity contribution >= 4 is 35.1 Å². The molecule has 0 fully saturated rings. The number of fused-ring (bicyclic) bond motifs is 1. The van der Waals surface area contributed by atoms with Crippen LogP contribution in [0.4, 0.5) is 0 Å². The molecule has 8 heteroatoms. The quantitative estimate of drug-likeness (QED) is 0.315. The van der Waals surface area contributed by atoms with Gasteiger partial charge in [0.15, 0.2) is 4.80 Å². The van der Waals surface area contributed by atoms with Gasteiger partial charge in [-0.25, -0.2) is 9.79 Å². The first-order valence-electron chi connectivity index (χ1n) is 12.2. The summed E-state index contributed by atoms with van der Waals surface area (Å²) in [6, 6.07) is 11.4. The molecule has 1 atom stereocenters. The van der Waals surface area contributed by atoms with Crippen LogP contribution in [0.2, 0.25) is 0 Å². The molecule has 0 bridgehead atoms. The van der Waals surface area contributed by atoms with Crippen molar-refractivity contribution in [3.63, 3.8) is 0 Å². The maximum atomic E-state index is 13.9. The summed E-state index contributed by atoms with van der Waals surface area (Å²) in [5.74, 6) is 0.655. The average Bonchev–Trinajstić information content (AvgIpc) is 3.18. The molecule has 0 unspecified atom stereocenters. The second-order valence-corrected chi connectivity index (χ2v) is 11.1. The van der Waals surface area contributed by atoms with E-state index in [-0.39, 0.29) is 18.1 Å². The minimum Gasteiger partial charge on any atom is -0.496 e. The summed E-state index contributed by atoms with van der Waals surface area (Å²) in [5.41, 5.74) is 4.66. The number of hydrogen-bond donors (Lipinski definition) is 0. The van der Waals surface area contributed by atoms with E-state index in [4.69, 9.17) is 9.47 Å². The largest absolute Gasteiger partial charge is 0.496 e. The number of aryl methyl sites for hydroxylation is 1. The fraction of sp³-hybridized carbons (Fsp3) is 0.345. The standard InChI is InChI=1S/C29H32N2O4S2/c1-8-35-28(33)25-18(5)30-29-31(26(25)19-9-11-21(36-7)12-10-19)27(32)24(37-29)15-20-14-22(16(2)3)23(34-6)13-17(20)4/h9-16,26H,8H2,1-7H3/b24-15+/t26-/m0/s1. The van der Waals surface area contributed by atoms with Gasteiger partial charge in [0.1, 0.15) is 5.75 Å². The molecule has 0 N–H and O–H groups in total. The van der Waals surface area contributed by atoms with Crippen molar-refractivity contribution in [1.29, 1.82) is 0 Å². The SMILES string of the molecule is CCOC(=O)C1=C(C)N=c2s/c(=C/c3cc(C(C)C)c(OC)cc3C)c(=O)n2[C@H]1c1ccc(SC)cc1. The van der Waals surface area contributed by atoms with Crippen LogP contribution < -0.4 is 19.6 Å². The molecule has 4 rings (SSSR count). The highest BCUT2D eigenvalue weighted by molar-refractivity contribution is 7.98. The van der Waals surface area contributed by atoms with Gasteiger partial charge in [-0.1, -0.05) is 37.3 Å². The Labute approximate surface area is 225 Å². The van der Waals surface area contributed by atoms with E-state index in [0.29, 0.717) is 20.6 Å². The van der Waals surface area contributed by atoms with E-state index in [1.165, 1.54) is 11.3 Å². The molecule has 1 aromatic heterocycles. The molecule has 1 aliphatic heterocycles. The number of thiazole rings is 1. The summed E-state index contributed by atoms with van der Waals surface area (Å²) in [4.78, 5) is 33.3. The zero-order valence-electron chi connectivity index (χ0n) is 22.2. The number of benzene rings is 2. The van der Waals surface area contributed by atoms with Crippen LogP contribution in [0.1, 0.15) is 61.9 Å². The number of carbonyl (C=O) groups excluding carboxylic acids is 1. The Morgan fingerprint density at radius 3 is 2.51 bits per heavy atom. The Hall–Kier alpha value is -3.10. The number of esters is 1. The molecule has 0 spiro atoms. The smallest absolute Gasteiger partial charge is 0.338 e. The lowest BCUT2D eigenvalue weighted by molar-refractivity contribution is -0.139. The fourth-order valence-electron chi connectivity index (χ4n) is 4.53. The predicted molar refractivity (Wildman–Crippen MR) is 150 cm³/mol. The van der Waals surface area contributed by atoms with Crippen molar-refractivity contribution in [1.82, 2.24) is 4.57 Å². The third-order valence-electron chi connectivity index (χ3n) is 6.48. The van der Waals surface area contributed by atoms with Gasteiger partial charge in [-0.15, -0.1) is 11.8 Å². The van der Waals surface area contributed by atoms with E-state index in [1.807, 2.05) is 49.6 Å². The molecule has 0 saturated heterocycles. The Balaban J connectivity index is 1.95. The highest BCUT2D eigenvalue weighted by Crippen LogP contribution is 2.32. The molecule has 0 radical (unpaired) electrons. The average molecular weight is 537 g/mol. The molecule has 2 heterocycles. The number of allylic oxidation sites excluding steroid dienone is 1. The fourth-order valence-corrected chi connectivity index (χ4v) is 5.98. The Morgan fingerprint density at radius 1 is 1.22 bits per heavy atom. The van der Waals surface area contributed by atoms with Crippen molar-refractivity contribution < 1.29 is 14.3 Å². The number of methoxy groups -OCH3 is 1. The van der Waals surface area contributed by atoms with Gasteiger partial charge in [-0.05, 0) is 85.5 Å². The zero-order chi connectivity index (χ0) is 26.9. The number of carbonyl (C=O) groups is 1. The van der Waals surface area contributed by atoms with Gasteiger partial charge >= 0.3 is 5.97 Å². The Kier molecular flexibility index (Phi) is 8.09. The van der Waals surface area contributed by atoms with E-state index in [9.17, 15) is 9.59 Å². The van der Waals surface area contributed by atoms with Crippen LogP contribution in [0.25, 0.3) is 6.08 Å². The van der Waals surface area contributed by atoms with Gasteiger partial charge < -0.3 is 9.47 Å². The second kappa shape index (κ2) is 11.1. The van der Waals surface area contributed by atoms with E-state index < -0.39 is 12.0 Å². The summed E-state index contributed by atoms with van der Waals surface area (Å²) in [6.07, 6.45) is 3.93. The van der Waals surface area contributed by atoms with Crippen molar-refractivity contribution in [2.75, 3.05) is 20.0 Å². The molecule has 0 saturated carbocycles. The summed E-state index contributed by atoms with van der Waals surface area (Å²) >= 11 is 2.97. The Bertz CT molecular complexity index is 1550. The minimum atomic E-state index is -0.614. The van der Waals surface area contributed by atoms with Gasteiger partial charge in [0.25, 0.3) is 5.56 Å². The zero-order valence-corrected chi connectivity index (χ0v) is 23.9. The van der Waals surface area contributed by atoms with Gasteiger partial charge in [-0.2, -0.15) is 0 Å². The summed E-state index contributed by atoms with van der Waals surface area (Å²) in [6.45, 7) is 10.1. The van der Waals surface area contributed by atoms with Gasteiger partial charge in [0.05, 0.1) is 35.6 Å². The lowest BCUT2D eigenvalue weighted by atomic mass is 9.95. The number of nitrogens with zero attached hydrogens (tertiary/aromatic N) is 2. The second-order valence-electron chi connectivity index (χ2n) is 9.18. The molecule has 37 heavy (non-hydrogen) atoms. The highest BCUT2D eigenvalue weighted by Gasteiger charge is 2.33. The van der Waals surface area contributed by atoms with E-state index in [1.54, 1.807) is 37.3 Å². The number of rotatable bonds is 7. The third-order valence-corrected chi connectivity index (χ3v) is 8.20. The maximum absolute atomic E-state index is 13.9. The Morgan fingerprint density at radius 2 is 1.92 bits per heavy atom. The van der Waals surface area contributed by atoms with Crippen molar-refractivity contribution in [2.45, 2.75) is 51.5 Å².